The Bertz CT molecular complexity index is 916. The number of thioether (sulfide) groups is 2. The number of carbonyl (C=O) groups excluding carboxylic acids is 1. The van der Waals surface area contributed by atoms with Gasteiger partial charge in [-0.15, -0.1) is 20.4 Å². The number of nitrogens with one attached hydrogen (secondary N) is 1. The Kier molecular flexibility index (Phi) is 7.12. The molecule has 0 unspecified atom stereocenters. The number of carbonyl (C=O) groups is 1. The Morgan fingerprint density at radius 1 is 1.08 bits per heavy atom. The van der Waals surface area contributed by atoms with Gasteiger partial charge in [-0.1, -0.05) is 75.5 Å². The first-order valence-corrected chi connectivity index (χ1v) is 11.5. The number of hydrogen-bond acceptors (Lipinski definition) is 9. The Balaban J connectivity index is 1.47. The fraction of sp³-hybridized carbons (Fsp3) is 0.214. The molecule has 3 aromatic rings. The molecule has 1 amide bonds. The molecular formula is C14H11Cl2N5OS4. The van der Waals surface area contributed by atoms with Crippen molar-refractivity contribution < 1.29 is 4.79 Å². The minimum absolute atomic E-state index is 0.153. The third-order valence-electron chi connectivity index (χ3n) is 2.83. The van der Waals surface area contributed by atoms with E-state index in [2.05, 4.69) is 25.7 Å². The second-order valence-electron chi connectivity index (χ2n) is 4.83. The summed E-state index contributed by atoms with van der Waals surface area (Å²) >= 11 is 17.6. The summed E-state index contributed by atoms with van der Waals surface area (Å²) in [5, 5.41) is 21.1. The highest BCUT2D eigenvalue weighted by molar-refractivity contribution is 8.01. The third-order valence-corrected chi connectivity index (χ3v) is 7.59. The molecule has 2 aromatic heterocycles. The molecule has 6 nitrogen and oxygen atoms in total. The smallest absolute Gasteiger partial charge is 0.236 e. The minimum atomic E-state index is -0.153. The molecular weight excluding hydrogens is 453 g/mol. The van der Waals surface area contributed by atoms with Gasteiger partial charge in [0.15, 0.2) is 8.68 Å². The van der Waals surface area contributed by atoms with Crippen LogP contribution in [0.25, 0.3) is 0 Å². The summed E-state index contributed by atoms with van der Waals surface area (Å²) in [5.74, 6) is 0.783. The average Bonchev–Trinajstić information content (AvgIpc) is 3.23. The molecule has 2 heterocycles. The predicted octanol–water partition coefficient (Wildman–Crippen LogP) is 5.03. The highest BCUT2D eigenvalue weighted by Crippen LogP contribution is 2.30. The van der Waals surface area contributed by atoms with Crippen LogP contribution in [0.3, 0.4) is 0 Å². The Morgan fingerprint density at radius 3 is 2.58 bits per heavy atom. The summed E-state index contributed by atoms with van der Waals surface area (Å²) in [6, 6.07) is 5.51. The zero-order valence-corrected chi connectivity index (χ0v) is 18.0. The van der Waals surface area contributed by atoms with Crippen molar-refractivity contribution in [2.45, 2.75) is 21.4 Å². The van der Waals surface area contributed by atoms with E-state index in [9.17, 15) is 4.79 Å². The van der Waals surface area contributed by atoms with E-state index in [0.29, 0.717) is 20.9 Å². The maximum Gasteiger partial charge on any atom is 0.236 e. The quantitative estimate of drug-likeness (QED) is 0.388. The molecule has 0 atom stereocenters. The van der Waals surface area contributed by atoms with Crippen molar-refractivity contribution in [3.63, 3.8) is 0 Å². The van der Waals surface area contributed by atoms with Crippen LogP contribution in [0.1, 0.15) is 10.6 Å². The number of aromatic nitrogens is 4. The van der Waals surface area contributed by atoms with Gasteiger partial charge in [0.2, 0.25) is 11.0 Å². The predicted molar refractivity (Wildman–Crippen MR) is 110 cm³/mol. The summed E-state index contributed by atoms with van der Waals surface area (Å²) in [7, 11) is 0. The molecule has 26 heavy (non-hydrogen) atoms. The Hall–Kier alpha value is -0.910. The maximum atomic E-state index is 12.0. The van der Waals surface area contributed by atoms with E-state index in [1.807, 2.05) is 19.1 Å². The third kappa shape index (κ3) is 5.80. The number of amides is 1. The summed E-state index contributed by atoms with van der Waals surface area (Å²) in [5.41, 5.74) is 1.04. The van der Waals surface area contributed by atoms with Gasteiger partial charge in [0.25, 0.3) is 0 Å². The van der Waals surface area contributed by atoms with Gasteiger partial charge < -0.3 is 0 Å². The van der Waals surface area contributed by atoms with Crippen molar-refractivity contribution in [2.75, 3.05) is 11.1 Å². The minimum Gasteiger partial charge on any atom is -0.300 e. The first kappa shape index (κ1) is 19.8. The average molecular weight is 464 g/mol. The van der Waals surface area contributed by atoms with Gasteiger partial charge in [-0.05, 0) is 24.6 Å². The lowest BCUT2D eigenvalue weighted by atomic mass is 10.2. The van der Waals surface area contributed by atoms with Gasteiger partial charge in [-0.25, -0.2) is 0 Å². The number of aryl methyl sites for hydroxylation is 1. The number of benzene rings is 1. The lowest BCUT2D eigenvalue weighted by molar-refractivity contribution is -0.113. The number of rotatable bonds is 7. The van der Waals surface area contributed by atoms with Crippen LogP contribution in [0.5, 0.6) is 0 Å². The van der Waals surface area contributed by atoms with Crippen LogP contribution in [-0.4, -0.2) is 32.1 Å². The molecule has 3 rings (SSSR count). The van der Waals surface area contributed by atoms with Crippen LogP contribution in [0.2, 0.25) is 10.0 Å². The monoisotopic (exact) mass is 463 g/mol. The van der Waals surface area contributed by atoms with Gasteiger partial charge in [-0.3, -0.25) is 10.1 Å². The molecule has 0 fully saturated rings. The largest absolute Gasteiger partial charge is 0.300 e. The summed E-state index contributed by atoms with van der Waals surface area (Å²) < 4.78 is 1.53. The van der Waals surface area contributed by atoms with Crippen molar-refractivity contribution in [1.82, 2.24) is 20.4 Å². The molecule has 0 bridgehead atoms. The zero-order valence-electron chi connectivity index (χ0n) is 13.2. The highest BCUT2D eigenvalue weighted by atomic mass is 35.5. The van der Waals surface area contributed by atoms with E-state index in [-0.39, 0.29) is 11.7 Å². The molecule has 0 radical (unpaired) electrons. The summed E-state index contributed by atoms with van der Waals surface area (Å²) in [6.07, 6.45) is 0. The van der Waals surface area contributed by atoms with Crippen molar-refractivity contribution in [1.29, 1.82) is 0 Å². The second-order valence-corrected chi connectivity index (χ2v) is 10.3. The molecule has 0 saturated carbocycles. The highest BCUT2D eigenvalue weighted by Gasteiger charge is 2.11. The number of hydrogen-bond donors (Lipinski definition) is 1. The molecule has 0 aliphatic carbocycles. The SMILES string of the molecule is Cc1nnc(SCC(=O)Nc2nnc(SCc3ccc(Cl)c(Cl)c3)s2)s1. The van der Waals surface area contributed by atoms with Crippen molar-refractivity contribution in [3.8, 4) is 0 Å². The van der Waals surface area contributed by atoms with Gasteiger partial charge >= 0.3 is 0 Å². The van der Waals surface area contributed by atoms with Crippen LogP contribution >= 0.6 is 69.4 Å². The standard InChI is InChI=1S/C14H11Cl2N5OS4/c1-7-18-20-13(25-7)24-6-11(22)17-12-19-21-14(26-12)23-5-8-2-3-9(15)10(16)4-8/h2-4H,5-6H2,1H3,(H,17,19,22). The van der Waals surface area contributed by atoms with Crippen LogP contribution < -0.4 is 5.32 Å². The van der Waals surface area contributed by atoms with Gasteiger partial charge in [0, 0.05) is 5.75 Å². The van der Waals surface area contributed by atoms with Crippen molar-refractivity contribution in [2.24, 2.45) is 0 Å². The molecule has 136 valence electrons. The van der Waals surface area contributed by atoms with Crippen molar-refractivity contribution >= 4 is 80.4 Å². The molecule has 0 aliphatic rings. The van der Waals surface area contributed by atoms with E-state index in [1.165, 1.54) is 46.2 Å². The van der Waals surface area contributed by atoms with Gasteiger partial charge in [0.1, 0.15) is 5.01 Å². The fourth-order valence-corrected chi connectivity index (χ4v) is 5.36. The number of halogens is 2. The number of nitrogens with zero attached hydrogens (tertiary/aromatic N) is 4. The Morgan fingerprint density at radius 2 is 1.85 bits per heavy atom. The molecule has 0 saturated heterocycles. The van der Waals surface area contributed by atoms with Crippen LogP contribution in [0.4, 0.5) is 5.13 Å². The second kappa shape index (κ2) is 9.34. The lowest BCUT2D eigenvalue weighted by Gasteiger charge is -2.01. The summed E-state index contributed by atoms with van der Waals surface area (Å²) in [6.45, 7) is 1.88. The van der Waals surface area contributed by atoms with Gasteiger partial charge in [-0.2, -0.15) is 0 Å². The van der Waals surface area contributed by atoms with Crippen LogP contribution in [-0.2, 0) is 10.5 Å². The van der Waals surface area contributed by atoms with E-state index in [1.54, 1.807) is 6.07 Å². The Labute approximate surface area is 176 Å². The molecule has 1 N–H and O–H groups in total. The van der Waals surface area contributed by atoms with E-state index < -0.39 is 0 Å². The van der Waals surface area contributed by atoms with E-state index in [0.717, 1.165) is 19.3 Å². The van der Waals surface area contributed by atoms with Crippen LogP contribution in [0.15, 0.2) is 26.9 Å². The van der Waals surface area contributed by atoms with E-state index in [4.69, 9.17) is 23.2 Å². The maximum absolute atomic E-state index is 12.0. The topological polar surface area (TPSA) is 80.7 Å². The van der Waals surface area contributed by atoms with Crippen molar-refractivity contribution in [3.05, 3.63) is 38.8 Å². The normalized spacial score (nSPS) is 10.9. The van der Waals surface area contributed by atoms with E-state index >= 15 is 0 Å². The molecule has 1 aromatic carbocycles. The lowest BCUT2D eigenvalue weighted by Crippen LogP contribution is -2.13. The fourth-order valence-electron chi connectivity index (χ4n) is 1.71. The molecule has 12 heteroatoms. The first-order valence-electron chi connectivity index (χ1n) is 7.12. The molecule has 0 spiro atoms. The van der Waals surface area contributed by atoms with Crippen LogP contribution in [0, 0.1) is 6.92 Å². The zero-order chi connectivity index (χ0) is 18.5. The first-order chi connectivity index (χ1) is 12.5. The number of anilines is 1. The van der Waals surface area contributed by atoms with Gasteiger partial charge in [0.05, 0.1) is 15.8 Å². The molecule has 0 aliphatic heterocycles. The summed E-state index contributed by atoms with van der Waals surface area (Å²) in [4.78, 5) is 12.0.